The third kappa shape index (κ3) is 8.16. The molecule has 1 heterocycles. The van der Waals surface area contributed by atoms with E-state index in [1.807, 2.05) is 0 Å². The van der Waals surface area contributed by atoms with Crippen LogP contribution in [0, 0.1) is 13.8 Å². The van der Waals surface area contributed by atoms with Crippen molar-refractivity contribution in [2.24, 2.45) is 9.98 Å². The molecule has 0 radical (unpaired) electrons. The maximum Gasteiger partial charge on any atom is 0.295 e. The molecule has 1 aliphatic heterocycles. The summed E-state index contributed by atoms with van der Waals surface area (Å²) in [6.07, 6.45) is 6.48. The van der Waals surface area contributed by atoms with Crippen molar-refractivity contribution in [3.05, 3.63) is 23.3 Å². The fraction of sp³-hybridized carbons (Fsp3) is 0.667. The smallest absolute Gasteiger partial charge is 0.295 e. The average Bonchev–Trinajstić information content (AvgIpc) is 2.72. The highest BCUT2D eigenvalue weighted by Gasteiger charge is 2.18. The minimum atomic E-state index is -4.25. The Kier molecular flexibility index (Phi) is 9.94. The lowest BCUT2D eigenvalue weighted by molar-refractivity contribution is 0.0395. The van der Waals surface area contributed by atoms with Crippen LogP contribution in [0.5, 0.6) is 5.75 Å². The van der Waals surface area contributed by atoms with E-state index < -0.39 is 10.1 Å². The maximum atomic E-state index is 10.9. The molecule has 0 amide bonds. The Bertz CT molecular complexity index is 838. The molecular weight excluding hydrogens is 406 g/mol. The third-order valence-electron chi connectivity index (χ3n) is 5.35. The number of hydrogen-bond acceptors (Lipinski definition) is 7. The molecule has 0 atom stereocenters. The third-order valence-corrected chi connectivity index (χ3v) is 6.49. The first-order chi connectivity index (χ1) is 14.3. The number of nitrogens with zero attached hydrogens (tertiary/aromatic N) is 3. The van der Waals surface area contributed by atoms with Gasteiger partial charge in [0.1, 0.15) is 10.6 Å². The Morgan fingerprint density at radius 3 is 2.43 bits per heavy atom. The number of ether oxygens (including phenoxy) is 1. The van der Waals surface area contributed by atoms with Crippen LogP contribution in [0.15, 0.2) is 27.0 Å². The maximum absolute atomic E-state index is 10.9. The molecule has 9 heteroatoms. The molecular formula is C21H33N3O5S. The van der Waals surface area contributed by atoms with E-state index in [9.17, 15) is 13.5 Å². The van der Waals surface area contributed by atoms with Gasteiger partial charge in [-0.25, -0.2) is 9.98 Å². The molecule has 0 bridgehead atoms. The van der Waals surface area contributed by atoms with Crippen LogP contribution in [0.1, 0.15) is 43.2 Å². The quantitative estimate of drug-likeness (QED) is 0.539. The molecule has 0 aromatic heterocycles. The molecule has 3 rings (SSSR count). The van der Waals surface area contributed by atoms with E-state index in [0.717, 1.165) is 39.4 Å². The van der Waals surface area contributed by atoms with Crippen molar-refractivity contribution in [3.63, 3.8) is 0 Å². The Hall–Kier alpha value is -1.77. The standard InChI is InChI=1S/C13H23N3O.C8H10O4S/c1-2-4-13(5-3-1)15-12-14-6-7-16-8-10-17-11-9-16;1-5-3-4-7(9)6(2)8(5)13(10,11)12/h13H,1-11H2;3-4,9H,1-2H3,(H,10,11,12). The number of phenols is 1. The Labute approximate surface area is 179 Å². The van der Waals surface area contributed by atoms with Gasteiger partial charge in [0, 0.05) is 25.2 Å². The topological polar surface area (TPSA) is 112 Å². The first-order valence-electron chi connectivity index (χ1n) is 10.5. The van der Waals surface area contributed by atoms with Gasteiger partial charge in [-0.3, -0.25) is 9.45 Å². The molecule has 168 valence electrons. The summed E-state index contributed by atoms with van der Waals surface area (Å²) in [6.45, 7) is 8.61. The fourth-order valence-electron chi connectivity index (χ4n) is 3.61. The van der Waals surface area contributed by atoms with Crippen LogP contribution >= 0.6 is 0 Å². The second-order valence-electron chi connectivity index (χ2n) is 7.69. The van der Waals surface area contributed by atoms with E-state index in [1.165, 1.54) is 51.2 Å². The predicted octanol–water partition coefficient (Wildman–Crippen LogP) is 3.08. The van der Waals surface area contributed by atoms with Crippen molar-refractivity contribution in [1.82, 2.24) is 4.90 Å². The lowest BCUT2D eigenvalue weighted by Gasteiger charge is -2.25. The lowest BCUT2D eigenvalue weighted by atomic mass is 9.96. The molecule has 1 aromatic rings. The summed E-state index contributed by atoms with van der Waals surface area (Å²) in [6, 6.07) is 6.21. The minimum absolute atomic E-state index is 0.141. The van der Waals surface area contributed by atoms with Gasteiger partial charge in [0.15, 0.2) is 0 Å². The van der Waals surface area contributed by atoms with E-state index >= 15 is 0 Å². The highest BCUT2D eigenvalue weighted by molar-refractivity contribution is 7.86. The summed E-state index contributed by atoms with van der Waals surface area (Å²) < 4.78 is 35.9. The van der Waals surface area contributed by atoms with E-state index in [1.54, 1.807) is 6.92 Å². The first-order valence-corrected chi connectivity index (χ1v) is 11.9. The van der Waals surface area contributed by atoms with Crippen molar-refractivity contribution in [1.29, 1.82) is 0 Å². The SMILES string of the molecule is C(=NCCN1CCOCC1)=NC1CCCCC1.Cc1ccc(O)c(C)c1S(=O)(=O)O. The van der Waals surface area contributed by atoms with Gasteiger partial charge < -0.3 is 9.84 Å². The number of rotatable bonds is 5. The lowest BCUT2D eigenvalue weighted by Crippen LogP contribution is -2.37. The number of aliphatic imine (C=N–C) groups is 2. The number of morpholine rings is 1. The highest BCUT2D eigenvalue weighted by Crippen LogP contribution is 2.26. The molecule has 1 saturated carbocycles. The van der Waals surface area contributed by atoms with Crippen molar-refractivity contribution >= 4 is 16.1 Å². The number of phenolic OH excluding ortho intramolecular Hbond substituents is 1. The zero-order valence-electron chi connectivity index (χ0n) is 17.9. The van der Waals surface area contributed by atoms with E-state index in [2.05, 4.69) is 20.9 Å². The normalized spacial score (nSPS) is 18.1. The van der Waals surface area contributed by atoms with Crippen LogP contribution in [0.4, 0.5) is 0 Å². The summed E-state index contributed by atoms with van der Waals surface area (Å²) in [4.78, 5) is 10.8. The van der Waals surface area contributed by atoms with E-state index in [0.29, 0.717) is 11.6 Å². The van der Waals surface area contributed by atoms with Crippen LogP contribution in [-0.2, 0) is 14.9 Å². The van der Waals surface area contributed by atoms with Crippen LogP contribution < -0.4 is 0 Å². The van der Waals surface area contributed by atoms with Gasteiger partial charge in [0.05, 0.1) is 31.8 Å². The zero-order chi connectivity index (χ0) is 22.0. The summed E-state index contributed by atoms with van der Waals surface area (Å²) in [5.41, 5.74) is 0.584. The monoisotopic (exact) mass is 439 g/mol. The molecule has 1 saturated heterocycles. The van der Waals surface area contributed by atoms with Gasteiger partial charge in [-0.05, 0) is 38.3 Å². The average molecular weight is 440 g/mol. The van der Waals surface area contributed by atoms with Crippen LogP contribution in [-0.4, -0.2) is 74.4 Å². The molecule has 2 aliphatic rings. The van der Waals surface area contributed by atoms with Gasteiger partial charge in [0.25, 0.3) is 10.1 Å². The highest BCUT2D eigenvalue weighted by atomic mass is 32.2. The predicted molar refractivity (Wildman–Crippen MR) is 116 cm³/mol. The van der Waals surface area contributed by atoms with Crippen molar-refractivity contribution in [2.75, 3.05) is 39.4 Å². The van der Waals surface area contributed by atoms with E-state index in [-0.39, 0.29) is 16.2 Å². The number of aryl methyl sites for hydroxylation is 1. The summed E-state index contributed by atoms with van der Waals surface area (Å²) >= 11 is 0. The Morgan fingerprint density at radius 2 is 1.83 bits per heavy atom. The summed E-state index contributed by atoms with van der Waals surface area (Å²) in [5, 5.41) is 9.21. The van der Waals surface area contributed by atoms with E-state index in [4.69, 9.17) is 9.29 Å². The van der Waals surface area contributed by atoms with Gasteiger partial charge >= 0.3 is 0 Å². The second kappa shape index (κ2) is 12.2. The number of hydrogen-bond donors (Lipinski definition) is 2. The molecule has 2 N–H and O–H groups in total. The summed E-state index contributed by atoms with van der Waals surface area (Å²) in [7, 11) is -4.25. The van der Waals surface area contributed by atoms with Gasteiger partial charge in [-0.1, -0.05) is 25.3 Å². The largest absolute Gasteiger partial charge is 0.508 e. The van der Waals surface area contributed by atoms with Crippen LogP contribution in [0.2, 0.25) is 0 Å². The Balaban J connectivity index is 0.000000222. The Morgan fingerprint density at radius 1 is 1.17 bits per heavy atom. The van der Waals surface area contributed by atoms with Crippen molar-refractivity contribution in [3.8, 4) is 5.75 Å². The number of aromatic hydroxyl groups is 1. The molecule has 1 aromatic carbocycles. The minimum Gasteiger partial charge on any atom is -0.508 e. The molecule has 1 aliphatic carbocycles. The van der Waals surface area contributed by atoms with Gasteiger partial charge in [0.2, 0.25) is 0 Å². The molecule has 0 unspecified atom stereocenters. The first kappa shape index (κ1) is 24.5. The summed E-state index contributed by atoms with van der Waals surface area (Å²) in [5.74, 6) is -0.141. The van der Waals surface area contributed by atoms with Crippen LogP contribution in [0.3, 0.4) is 0 Å². The molecule has 0 spiro atoms. The fourth-order valence-corrected chi connectivity index (χ4v) is 4.58. The number of benzene rings is 1. The van der Waals surface area contributed by atoms with Gasteiger partial charge in [-0.2, -0.15) is 8.42 Å². The zero-order valence-corrected chi connectivity index (χ0v) is 18.7. The van der Waals surface area contributed by atoms with Crippen LogP contribution in [0.25, 0.3) is 0 Å². The van der Waals surface area contributed by atoms with Gasteiger partial charge in [-0.15, -0.1) is 0 Å². The molecule has 30 heavy (non-hydrogen) atoms. The molecule has 2 fully saturated rings. The second-order valence-corrected chi connectivity index (χ2v) is 9.05. The molecule has 8 nitrogen and oxygen atoms in total. The van der Waals surface area contributed by atoms with Crippen molar-refractivity contribution < 1.29 is 22.8 Å². The van der Waals surface area contributed by atoms with Crippen molar-refractivity contribution in [2.45, 2.75) is 56.9 Å².